The molecule has 0 bridgehead atoms. The van der Waals surface area contributed by atoms with Gasteiger partial charge in [-0.05, 0) is 126 Å². The summed E-state index contributed by atoms with van der Waals surface area (Å²) in [5.74, 6) is -2.42. The Morgan fingerprint density at radius 2 is 0.974 bits per heavy atom. The number of esters is 2. The van der Waals surface area contributed by atoms with Gasteiger partial charge < -0.3 is 38.3 Å². The van der Waals surface area contributed by atoms with E-state index >= 15 is 0 Å². The zero-order chi connectivity index (χ0) is 55.9. The van der Waals surface area contributed by atoms with Crippen molar-refractivity contribution in [3.8, 4) is 22.5 Å². The normalized spacial score (nSPS) is 13.3. The van der Waals surface area contributed by atoms with E-state index in [4.69, 9.17) is 19.3 Å². The van der Waals surface area contributed by atoms with Gasteiger partial charge in [-0.25, -0.2) is 9.59 Å². The lowest BCUT2D eigenvalue weighted by Crippen LogP contribution is -2.25. The van der Waals surface area contributed by atoms with Crippen molar-refractivity contribution >= 4 is 29.7 Å². The summed E-state index contributed by atoms with van der Waals surface area (Å²) in [6.07, 6.45) is 17.1. The van der Waals surface area contributed by atoms with Gasteiger partial charge in [0.15, 0.2) is 0 Å². The van der Waals surface area contributed by atoms with Crippen LogP contribution in [0.4, 0.5) is 0 Å². The second-order valence-electron chi connectivity index (χ2n) is 18.7. The van der Waals surface area contributed by atoms with E-state index < -0.39 is 29.3 Å². The summed E-state index contributed by atoms with van der Waals surface area (Å²) in [6, 6.07) is 14.6. The molecular weight excluding hydrogens is 989 g/mol. The first-order valence-corrected chi connectivity index (χ1v) is 25.5. The molecule has 0 amide bonds. The molecule has 0 atom stereocenters. The van der Waals surface area contributed by atoms with Crippen LogP contribution < -0.4 is 10.9 Å². The molecule has 19 nitrogen and oxygen atoms in total. The number of ketones is 1. The van der Waals surface area contributed by atoms with Crippen LogP contribution in [0.5, 0.6) is 0 Å². The van der Waals surface area contributed by atoms with E-state index in [0.717, 1.165) is 80.9 Å². The first-order valence-electron chi connectivity index (χ1n) is 25.5. The van der Waals surface area contributed by atoms with E-state index in [9.17, 15) is 38.7 Å². The predicted octanol–water partition coefficient (Wildman–Crippen LogP) is 7.64. The number of carboxylic acids is 2. The van der Waals surface area contributed by atoms with Crippen molar-refractivity contribution < 1.29 is 53.1 Å². The number of carbonyl (C=O) groups excluding carboxylic acids is 3. The molecule has 6 aromatic heterocycles. The standard InChI is InChI=1S/C20H24N2O4.C18H20N2O4.C12H15NO3.C8H9NO2/c1-3-26-20(24)17-13-22(11-15-6-8-25-9-7-15)12-16(19(17)23)18-5-4-14(2)10-21-18;1-12-2-3-16(19-8-12)14-10-20(9-13-4-6-24-7-5-13)11-15(17(14)21)18(22)23;1-3-16-12(15)7-11(14)6-10-5-4-9(2)8-13-10;1-6-2-3-7(9-5-6)4-8(10)11/h4-5,10,12-13,15H,3,6-9,11H2,1-2H3;2-3,8,10-11,13H,4-7,9H2,1H3,(H,22,23);4-5,8H,3,6-7H2,1-2H3;2-3,5H,4H2,1H3,(H,10,11). The number of hydrogen-bond donors (Lipinski definition) is 2. The summed E-state index contributed by atoms with van der Waals surface area (Å²) in [4.78, 5) is 98.4. The average Bonchev–Trinajstić information content (AvgIpc) is 3.41. The van der Waals surface area contributed by atoms with Crippen molar-refractivity contribution in [2.75, 3.05) is 39.6 Å². The Morgan fingerprint density at radius 3 is 1.36 bits per heavy atom. The Hall–Kier alpha value is -8.03. The van der Waals surface area contributed by atoms with E-state index in [1.165, 1.54) is 6.20 Å². The smallest absolute Gasteiger partial charge is 0.343 e. The van der Waals surface area contributed by atoms with Gasteiger partial charge in [0.25, 0.3) is 0 Å². The molecule has 0 radical (unpaired) electrons. The number of aliphatic carboxylic acids is 1. The number of nitrogens with zero attached hydrogens (tertiary/aromatic N) is 6. The Bertz CT molecular complexity index is 3020. The molecule has 6 aromatic rings. The minimum atomic E-state index is -1.21. The molecule has 408 valence electrons. The number of carbonyl (C=O) groups is 5. The molecule has 2 fully saturated rings. The fourth-order valence-corrected chi connectivity index (χ4v) is 8.05. The molecule has 2 aliphatic heterocycles. The number of aromatic nitrogens is 6. The molecule has 8 heterocycles. The van der Waals surface area contributed by atoms with Gasteiger partial charge in [-0.15, -0.1) is 0 Å². The van der Waals surface area contributed by atoms with Crippen molar-refractivity contribution in [1.29, 1.82) is 0 Å². The highest BCUT2D eigenvalue weighted by Crippen LogP contribution is 2.22. The molecule has 77 heavy (non-hydrogen) atoms. The van der Waals surface area contributed by atoms with Crippen molar-refractivity contribution in [3.63, 3.8) is 0 Å². The van der Waals surface area contributed by atoms with Crippen LogP contribution in [0.3, 0.4) is 0 Å². The highest BCUT2D eigenvalue weighted by atomic mass is 16.5. The summed E-state index contributed by atoms with van der Waals surface area (Å²) in [5.41, 5.74) is 6.15. The Labute approximate surface area is 447 Å². The fourth-order valence-electron chi connectivity index (χ4n) is 8.05. The molecule has 0 spiro atoms. The monoisotopic (exact) mass is 1060 g/mol. The van der Waals surface area contributed by atoms with Gasteiger partial charge in [-0.3, -0.25) is 43.9 Å². The van der Waals surface area contributed by atoms with Crippen molar-refractivity contribution in [1.82, 2.24) is 29.1 Å². The van der Waals surface area contributed by atoms with Gasteiger partial charge in [0, 0.05) is 101 Å². The summed E-state index contributed by atoms with van der Waals surface area (Å²) < 4.78 is 24.3. The SMILES string of the molecule is CCOC(=O)CC(=O)Cc1ccc(C)cn1.CCOC(=O)c1cn(CC2CCOCC2)cc(-c2ccc(C)cn2)c1=O.Cc1ccc(-c2cn(CC3CCOCC3)cc(C(=O)O)c2=O)nc1.Cc1ccc(CC(=O)O)nc1. The molecule has 2 N–H and O–H groups in total. The zero-order valence-electron chi connectivity index (χ0n) is 44.6. The third kappa shape index (κ3) is 19.9. The van der Waals surface area contributed by atoms with Crippen molar-refractivity contribution in [3.05, 3.63) is 163 Å². The second-order valence-corrected chi connectivity index (χ2v) is 18.7. The molecule has 19 heteroatoms. The Morgan fingerprint density at radius 1 is 0.558 bits per heavy atom. The highest BCUT2D eigenvalue weighted by molar-refractivity contribution is 5.96. The summed E-state index contributed by atoms with van der Waals surface area (Å²) >= 11 is 0. The van der Waals surface area contributed by atoms with E-state index in [1.54, 1.807) is 86.1 Å². The molecule has 2 saturated heterocycles. The summed E-state index contributed by atoms with van der Waals surface area (Å²) in [6.45, 7) is 16.0. The quantitative estimate of drug-likeness (QED) is 0.0697. The first kappa shape index (κ1) is 59.8. The van der Waals surface area contributed by atoms with Gasteiger partial charge >= 0.3 is 23.9 Å². The molecule has 8 rings (SSSR count). The maximum Gasteiger partial charge on any atom is 0.343 e. The average molecular weight is 1060 g/mol. The molecule has 0 aromatic carbocycles. The van der Waals surface area contributed by atoms with Crippen LogP contribution >= 0.6 is 0 Å². The third-order valence-corrected chi connectivity index (χ3v) is 12.2. The van der Waals surface area contributed by atoms with Gasteiger partial charge in [0.1, 0.15) is 23.3 Å². The summed E-state index contributed by atoms with van der Waals surface area (Å²) in [5, 5.41) is 17.8. The third-order valence-electron chi connectivity index (χ3n) is 12.2. The maximum absolute atomic E-state index is 12.8. The largest absolute Gasteiger partial charge is 0.481 e. The number of rotatable bonds is 16. The lowest BCUT2D eigenvalue weighted by atomic mass is 10.00. The van der Waals surface area contributed by atoms with Crippen LogP contribution in [0, 0.1) is 39.5 Å². The van der Waals surface area contributed by atoms with E-state index in [2.05, 4.69) is 24.7 Å². The van der Waals surface area contributed by atoms with Crippen LogP contribution in [0.15, 0.2) is 108 Å². The molecular formula is C58H68N6O13. The van der Waals surface area contributed by atoms with Crippen LogP contribution in [0.2, 0.25) is 0 Å². The number of ether oxygens (including phenoxy) is 4. The van der Waals surface area contributed by atoms with E-state index in [1.807, 2.05) is 56.5 Å². The van der Waals surface area contributed by atoms with Crippen molar-refractivity contribution in [2.45, 2.75) is 99.6 Å². The molecule has 0 unspecified atom stereocenters. The zero-order valence-corrected chi connectivity index (χ0v) is 44.6. The lowest BCUT2D eigenvalue weighted by molar-refractivity contribution is -0.145. The number of Topliss-reactive ketones (excluding diaryl/α,β-unsaturated/α-hetero) is 1. The van der Waals surface area contributed by atoms with E-state index in [0.29, 0.717) is 58.9 Å². The minimum absolute atomic E-state index is 0.000278. The molecule has 2 aliphatic rings. The van der Waals surface area contributed by atoms with Gasteiger partial charge in [-0.2, -0.15) is 0 Å². The van der Waals surface area contributed by atoms with Crippen LogP contribution in [0.25, 0.3) is 22.5 Å². The summed E-state index contributed by atoms with van der Waals surface area (Å²) in [7, 11) is 0. The van der Waals surface area contributed by atoms with Crippen molar-refractivity contribution in [2.24, 2.45) is 11.8 Å². The second kappa shape index (κ2) is 30.5. The topological polar surface area (TPSA) is 258 Å². The Balaban J connectivity index is 0.000000198. The van der Waals surface area contributed by atoms with Crippen LogP contribution in [0.1, 0.15) is 100 Å². The van der Waals surface area contributed by atoms with Gasteiger partial charge in [-0.1, -0.05) is 24.3 Å². The van der Waals surface area contributed by atoms with E-state index in [-0.39, 0.29) is 48.2 Å². The maximum atomic E-state index is 12.8. The first-order chi connectivity index (χ1) is 36.9. The molecule has 0 aliphatic carbocycles. The molecule has 0 saturated carbocycles. The highest BCUT2D eigenvalue weighted by Gasteiger charge is 2.22. The number of pyridine rings is 6. The Kier molecular flexibility index (Phi) is 23.7. The van der Waals surface area contributed by atoms with Gasteiger partial charge in [0.2, 0.25) is 10.9 Å². The number of hydrogen-bond acceptors (Lipinski definition) is 15. The van der Waals surface area contributed by atoms with Gasteiger partial charge in [0.05, 0.1) is 47.8 Å². The minimum Gasteiger partial charge on any atom is -0.481 e. The van der Waals surface area contributed by atoms with Crippen LogP contribution in [-0.2, 0) is 59.3 Å². The number of aromatic carboxylic acids is 1. The van der Waals surface area contributed by atoms with Crippen LogP contribution in [-0.4, -0.2) is 109 Å². The predicted molar refractivity (Wildman–Crippen MR) is 287 cm³/mol. The number of carboxylic acid groups (broad SMARTS) is 2. The lowest BCUT2D eigenvalue weighted by Gasteiger charge is -2.23. The number of aryl methyl sites for hydroxylation is 4. The fraction of sp³-hybridized carbons (Fsp3) is 0.397.